The van der Waals surface area contributed by atoms with Crippen LogP contribution in [0.3, 0.4) is 0 Å². The van der Waals surface area contributed by atoms with E-state index in [-0.39, 0.29) is 29.2 Å². The van der Waals surface area contributed by atoms with Crippen LogP contribution in [0.15, 0.2) is 36.5 Å². The summed E-state index contributed by atoms with van der Waals surface area (Å²) in [5, 5.41) is 3.19. The standard InChI is InChI=1S/C17H21N5O3S/c1-26(24,25)22(13-7-9-19-10-8-13)17-20-11-14(16(18)21-17)15(23)12-5-3-2-4-6-12/h2-6,11,13,19H,7-10H2,1H3,(H2,18,20,21). The lowest BCUT2D eigenvalue weighted by Crippen LogP contribution is -2.46. The van der Waals surface area contributed by atoms with E-state index < -0.39 is 10.0 Å². The summed E-state index contributed by atoms with van der Waals surface area (Å²) in [5.41, 5.74) is 6.58. The van der Waals surface area contributed by atoms with Crippen LogP contribution in [0, 0.1) is 0 Å². The number of ketones is 1. The molecule has 0 saturated carbocycles. The number of nitrogen functional groups attached to an aromatic ring is 1. The van der Waals surface area contributed by atoms with E-state index in [2.05, 4.69) is 15.3 Å². The van der Waals surface area contributed by atoms with Crippen molar-refractivity contribution in [2.75, 3.05) is 29.4 Å². The minimum Gasteiger partial charge on any atom is -0.383 e. The molecule has 3 N–H and O–H groups in total. The Bertz CT molecular complexity index is 896. The number of rotatable bonds is 5. The molecule has 1 fully saturated rings. The molecule has 2 heterocycles. The topological polar surface area (TPSA) is 118 Å². The second-order valence-electron chi connectivity index (χ2n) is 6.20. The number of sulfonamides is 1. The Morgan fingerprint density at radius 2 is 1.88 bits per heavy atom. The quantitative estimate of drug-likeness (QED) is 0.742. The average Bonchev–Trinajstić information content (AvgIpc) is 2.62. The van der Waals surface area contributed by atoms with Crippen molar-refractivity contribution in [3.8, 4) is 0 Å². The monoisotopic (exact) mass is 375 g/mol. The number of nitrogens with zero attached hydrogens (tertiary/aromatic N) is 3. The fraction of sp³-hybridized carbons (Fsp3) is 0.353. The second kappa shape index (κ2) is 7.38. The molecule has 138 valence electrons. The summed E-state index contributed by atoms with van der Waals surface area (Å²) in [7, 11) is -3.58. The number of carbonyl (C=O) groups excluding carboxylic acids is 1. The number of nitrogens with one attached hydrogen (secondary N) is 1. The van der Waals surface area contributed by atoms with Gasteiger partial charge in [0.25, 0.3) is 0 Å². The van der Waals surface area contributed by atoms with Gasteiger partial charge in [-0.2, -0.15) is 4.98 Å². The SMILES string of the molecule is CS(=O)(=O)N(c1ncc(C(=O)c2ccccc2)c(N)n1)C1CCNCC1. The molecule has 26 heavy (non-hydrogen) atoms. The van der Waals surface area contributed by atoms with Gasteiger partial charge in [-0.1, -0.05) is 30.3 Å². The summed E-state index contributed by atoms with van der Waals surface area (Å²) in [6.07, 6.45) is 3.73. The molecule has 1 aliphatic heterocycles. The van der Waals surface area contributed by atoms with Crippen LogP contribution in [0.2, 0.25) is 0 Å². The molecule has 0 bridgehead atoms. The maximum absolute atomic E-state index is 12.5. The molecule has 1 saturated heterocycles. The molecule has 1 aromatic carbocycles. The fourth-order valence-corrected chi connectivity index (χ4v) is 4.17. The molecule has 9 heteroatoms. The maximum Gasteiger partial charge on any atom is 0.241 e. The van der Waals surface area contributed by atoms with Crippen LogP contribution in [-0.4, -0.2) is 49.6 Å². The first-order chi connectivity index (χ1) is 12.4. The van der Waals surface area contributed by atoms with Crippen molar-refractivity contribution in [1.82, 2.24) is 15.3 Å². The van der Waals surface area contributed by atoms with Gasteiger partial charge >= 0.3 is 0 Å². The van der Waals surface area contributed by atoms with Crippen molar-refractivity contribution < 1.29 is 13.2 Å². The molecule has 0 amide bonds. The molecule has 0 unspecified atom stereocenters. The Labute approximate surface area is 152 Å². The maximum atomic E-state index is 12.5. The zero-order chi connectivity index (χ0) is 18.7. The number of piperidine rings is 1. The lowest BCUT2D eigenvalue weighted by atomic mass is 10.1. The van der Waals surface area contributed by atoms with E-state index in [0.29, 0.717) is 18.4 Å². The van der Waals surface area contributed by atoms with Gasteiger partial charge < -0.3 is 11.1 Å². The second-order valence-corrected chi connectivity index (χ2v) is 8.06. The highest BCUT2D eigenvalue weighted by atomic mass is 32.2. The summed E-state index contributed by atoms with van der Waals surface area (Å²) < 4.78 is 25.8. The van der Waals surface area contributed by atoms with Gasteiger partial charge in [0.15, 0.2) is 5.78 Å². The lowest BCUT2D eigenvalue weighted by molar-refractivity contribution is 0.103. The third-order valence-electron chi connectivity index (χ3n) is 4.28. The van der Waals surface area contributed by atoms with E-state index in [1.807, 2.05) is 6.07 Å². The minimum atomic E-state index is -3.58. The molecule has 0 radical (unpaired) electrons. The van der Waals surface area contributed by atoms with E-state index in [1.165, 1.54) is 10.5 Å². The predicted molar refractivity (Wildman–Crippen MR) is 99.5 cm³/mol. The van der Waals surface area contributed by atoms with Crippen LogP contribution in [0.1, 0.15) is 28.8 Å². The van der Waals surface area contributed by atoms with E-state index in [9.17, 15) is 13.2 Å². The molecular formula is C17H21N5O3S. The summed E-state index contributed by atoms with van der Waals surface area (Å²) in [6.45, 7) is 1.44. The number of benzene rings is 1. The number of anilines is 2. The van der Waals surface area contributed by atoms with Crippen molar-refractivity contribution >= 4 is 27.6 Å². The number of carbonyl (C=O) groups is 1. The molecule has 8 nitrogen and oxygen atoms in total. The number of hydrogen-bond donors (Lipinski definition) is 2. The Morgan fingerprint density at radius 1 is 1.23 bits per heavy atom. The molecule has 1 aliphatic rings. The van der Waals surface area contributed by atoms with Crippen LogP contribution >= 0.6 is 0 Å². The third kappa shape index (κ3) is 3.83. The molecule has 0 aliphatic carbocycles. The van der Waals surface area contributed by atoms with Crippen molar-refractivity contribution in [3.63, 3.8) is 0 Å². The highest BCUT2D eigenvalue weighted by Gasteiger charge is 2.31. The zero-order valence-corrected chi connectivity index (χ0v) is 15.2. The first-order valence-corrected chi connectivity index (χ1v) is 10.1. The number of nitrogens with two attached hydrogens (primary N) is 1. The van der Waals surface area contributed by atoms with E-state index in [4.69, 9.17) is 5.73 Å². The van der Waals surface area contributed by atoms with E-state index >= 15 is 0 Å². The average molecular weight is 375 g/mol. The fourth-order valence-electron chi connectivity index (χ4n) is 3.04. The van der Waals surface area contributed by atoms with Gasteiger partial charge in [0.1, 0.15) is 5.82 Å². The van der Waals surface area contributed by atoms with Crippen LogP contribution in [0.5, 0.6) is 0 Å². The van der Waals surface area contributed by atoms with Gasteiger partial charge in [0.2, 0.25) is 16.0 Å². The Kier molecular flexibility index (Phi) is 5.19. The predicted octanol–water partition coefficient (Wildman–Crippen LogP) is 0.808. The summed E-state index contributed by atoms with van der Waals surface area (Å²) in [4.78, 5) is 20.8. The number of aromatic nitrogens is 2. The molecule has 0 spiro atoms. The van der Waals surface area contributed by atoms with E-state index in [0.717, 1.165) is 19.3 Å². The van der Waals surface area contributed by atoms with Crippen molar-refractivity contribution in [2.45, 2.75) is 18.9 Å². The Hall–Kier alpha value is -2.52. The summed E-state index contributed by atoms with van der Waals surface area (Å²) in [6, 6.07) is 8.42. The van der Waals surface area contributed by atoms with Crippen LogP contribution in [0.25, 0.3) is 0 Å². The molecule has 2 aromatic rings. The minimum absolute atomic E-state index is 0.00140. The zero-order valence-electron chi connectivity index (χ0n) is 14.4. The largest absolute Gasteiger partial charge is 0.383 e. The summed E-state index contributed by atoms with van der Waals surface area (Å²) in [5.74, 6) is -0.338. The molecule has 0 atom stereocenters. The van der Waals surface area contributed by atoms with Crippen LogP contribution < -0.4 is 15.4 Å². The van der Waals surface area contributed by atoms with Gasteiger partial charge in [0, 0.05) is 11.8 Å². The molecule has 3 rings (SSSR count). The first kappa shape index (κ1) is 18.3. The highest BCUT2D eigenvalue weighted by molar-refractivity contribution is 7.92. The van der Waals surface area contributed by atoms with Crippen LogP contribution in [0.4, 0.5) is 11.8 Å². The van der Waals surface area contributed by atoms with Crippen molar-refractivity contribution in [2.24, 2.45) is 0 Å². The Balaban J connectivity index is 1.95. The van der Waals surface area contributed by atoms with E-state index in [1.54, 1.807) is 24.3 Å². The van der Waals surface area contributed by atoms with Crippen molar-refractivity contribution in [3.05, 3.63) is 47.7 Å². The third-order valence-corrected chi connectivity index (χ3v) is 5.46. The smallest absolute Gasteiger partial charge is 0.241 e. The van der Waals surface area contributed by atoms with Crippen LogP contribution in [-0.2, 0) is 10.0 Å². The lowest BCUT2D eigenvalue weighted by Gasteiger charge is -2.32. The van der Waals surface area contributed by atoms with Crippen molar-refractivity contribution in [1.29, 1.82) is 0 Å². The first-order valence-electron chi connectivity index (χ1n) is 8.30. The van der Waals surface area contributed by atoms with Gasteiger partial charge in [-0.25, -0.2) is 17.7 Å². The van der Waals surface area contributed by atoms with Gasteiger partial charge in [0.05, 0.1) is 17.9 Å². The Morgan fingerprint density at radius 3 is 2.46 bits per heavy atom. The molecular weight excluding hydrogens is 354 g/mol. The van der Waals surface area contributed by atoms with Gasteiger partial charge in [-0.05, 0) is 25.9 Å². The van der Waals surface area contributed by atoms with Gasteiger partial charge in [-0.3, -0.25) is 4.79 Å². The highest BCUT2D eigenvalue weighted by Crippen LogP contribution is 2.24. The molecule has 1 aromatic heterocycles. The number of hydrogen-bond acceptors (Lipinski definition) is 7. The van der Waals surface area contributed by atoms with Gasteiger partial charge in [-0.15, -0.1) is 0 Å². The summed E-state index contributed by atoms with van der Waals surface area (Å²) >= 11 is 0. The normalized spacial score (nSPS) is 15.6.